The Labute approximate surface area is 130 Å². The van der Waals surface area contributed by atoms with Gasteiger partial charge in [0.25, 0.3) is 5.91 Å². The molecule has 2 amide bonds. The van der Waals surface area contributed by atoms with Gasteiger partial charge in [-0.2, -0.15) is 0 Å². The molecule has 7 heteroatoms. The molecule has 0 aromatic heterocycles. The quantitative estimate of drug-likeness (QED) is 0.708. The van der Waals surface area contributed by atoms with Gasteiger partial charge in [-0.25, -0.2) is 4.79 Å². The van der Waals surface area contributed by atoms with Crippen LogP contribution >= 0.6 is 0 Å². The molecule has 2 aliphatic carbocycles. The highest BCUT2D eigenvalue weighted by Crippen LogP contribution is 2.49. The van der Waals surface area contributed by atoms with Gasteiger partial charge in [-0.05, 0) is 43.9 Å². The number of carbonyl (C=O) groups excluding carboxylic acids is 3. The number of methoxy groups -OCH3 is 1. The number of amides is 2. The molecular weight excluding hydrogens is 288 g/mol. The van der Waals surface area contributed by atoms with E-state index in [9.17, 15) is 14.4 Å². The normalized spacial score (nSPS) is 27.1. The third kappa shape index (κ3) is 4.35. The Morgan fingerprint density at radius 1 is 1.23 bits per heavy atom. The van der Waals surface area contributed by atoms with Crippen LogP contribution < -0.4 is 10.6 Å². The number of rotatable bonds is 6. The molecule has 0 aromatic rings. The molecule has 0 aromatic carbocycles. The summed E-state index contributed by atoms with van der Waals surface area (Å²) >= 11 is 0. The number of hydrogen-bond donors (Lipinski definition) is 2. The lowest BCUT2D eigenvalue weighted by molar-refractivity contribution is -0.147. The summed E-state index contributed by atoms with van der Waals surface area (Å²) in [7, 11) is 1.20. The third-order valence-corrected chi connectivity index (χ3v) is 4.75. The monoisotopic (exact) mass is 312 g/mol. The summed E-state index contributed by atoms with van der Waals surface area (Å²) in [5.41, 5.74) is 0. The smallest absolute Gasteiger partial charge is 0.407 e. The van der Waals surface area contributed by atoms with Crippen LogP contribution in [0.1, 0.15) is 32.6 Å². The number of carbonyl (C=O) groups is 3. The predicted octanol–water partition coefficient (Wildman–Crippen LogP) is 0.826. The predicted molar refractivity (Wildman–Crippen MR) is 77.9 cm³/mol. The van der Waals surface area contributed by atoms with E-state index in [1.807, 2.05) is 6.92 Å². The number of fused-ring (bicyclic) bond motifs is 2. The molecule has 22 heavy (non-hydrogen) atoms. The molecular formula is C15H24N2O5. The van der Waals surface area contributed by atoms with Crippen molar-refractivity contribution < 1.29 is 23.9 Å². The van der Waals surface area contributed by atoms with E-state index in [2.05, 4.69) is 15.4 Å². The molecule has 2 saturated carbocycles. The molecule has 2 aliphatic rings. The van der Waals surface area contributed by atoms with Crippen molar-refractivity contribution in [3.05, 3.63) is 0 Å². The molecule has 2 N–H and O–H groups in total. The van der Waals surface area contributed by atoms with Crippen LogP contribution in [0.5, 0.6) is 0 Å². The fraction of sp³-hybridized carbons (Fsp3) is 0.800. The molecule has 0 unspecified atom stereocenters. The minimum Gasteiger partial charge on any atom is -0.454 e. The van der Waals surface area contributed by atoms with Crippen molar-refractivity contribution in [1.29, 1.82) is 0 Å². The molecule has 0 saturated heterocycles. The first-order valence-corrected chi connectivity index (χ1v) is 7.76. The summed E-state index contributed by atoms with van der Waals surface area (Å²) < 4.78 is 9.13. The molecule has 0 spiro atoms. The molecule has 0 aliphatic heterocycles. The number of ether oxygens (including phenoxy) is 2. The maximum Gasteiger partial charge on any atom is 0.407 e. The highest BCUT2D eigenvalue weighted by atomic mass is 16.5. The second-order valence-electron chi connectivity index (χ2n) is 6.20. The lowest BCUT2D eigenvalue weighted by Crippen LogP contribution is -2.42. The lowest BCUT2D eigenvalue weighted by Gasteiger charge is -2.28. The van der Waals surface area contributed by atoms with E-state index >= 15 is 0 Å². The number of nitrogens with one attached hydrogen (secondary N) is 2. The van der Waals surface area contributed by atoms with Gasteiger partial charge < -0.3 is 20.1 Å². The van der Waals surface area contributed by atoms with Crippen LogP contribution in [0.25, 0.3) is 0 Å². The van der Waals surface area contributed by atoms with E-state index in [4.69, 9.17) is 4.74 Å². The SMILES string of the molecule is COC(=O)NCC(=O)OCC(=O)N[C@@H](C)[C@H]1C[C@H]2CC[C@H]1C2. The Bertz CT molecular complexity index is 440. The van der Waals surface area contributed by atoms with Crippen LogP contribution in [-0.4, -0.2) is 44.3 Å². The van der Waals surface area contributed by atoms with E-state index in [1.54, 1.807) is 0 Å². The zero-order valence-corrected chi connectivity index (χ0v) is 13.1. The van der Waals surface area contributed by atoms with E-state index in [0.29, 0.717) is 5.92 Å². The van der Waals surface area contributed by atoms with Crippen molar-refractivity contribution in [2.45, 2.75) is 38.6 Å². The Kier molecular flexibility index (Phi) is 5.63. The Hall–Kier alpha value is -1.79. The molecule has 0 radical (unpaired) electrons. The minimum absolute atomic E-state index is 0.106. The lowest BCUT2D eigenvalue weighted by atomic mass is 9.84. The Morgan fingerprint density at radius 2 is 2.00 bits per heavy atom. The first-order valence-electron chi connectivity index (χ1n) is 7.76. The van der Waals surface area contributed by atoms with Crippen molar-refractivity contribution in [2.75, 3.05) is 20.3 Å². The van der Waals surface area contributed by atoms with Gasteiger partial charge in [-0.15, -0.1) is 0 Å². The highest BCUT2D eigenvalue weighted by molar-refractivity contribution is 5.82. The standard InChI is InChI=1S/C15H24N2O5/c1-9(12-6-10-3-4-11(12)5-10)17-13(18)8-22-14(19)7-16-15(20)21-2/h9-12H,3-8H2,1-2H3,(H,16,20)(H,17,18)/t9-,10-,11-,12+/m0/s1. The topological polar surface area (TPSA) is 93.7 Å². The average molecular weight is 312 g/mol. The molecule has 2 rings (SSSR count). The number of alkyl carbamates (subject to hydrolysis) is 1. The largest absolute Gasteiger partial charge is 0.454 e. The van der Waals surface area contributed by atoms with Gasteiger partial charge in [0.05, 0.1) is 7.11 Å². The van der Waals surface area contributed by atoms with Crippen LogP contribution in [0.4, 0.5) is 4.79 Å². The zero-order valence-electron chi connectivity index (χ0n) is 13.1. The summed E-state index contributed by atoms with van der Waals surface area (Å²) in [5.74, 6) is 1.12. The summed E-state index contributed by atoms with van der Waals surface area (Å²) in [6, 6.07) is 0.106. The molecule has 2 fully saturated rings. The molecule has 7 nitrogen and oxygen atoms in total. The second-order valence-corrected chi connectivity index (χ2v) is 6.20. The van der Waals surface area contributed by atoms with E-state index in [-0.39, 0.29) is 25.1 Å². The van der Waals surface area contributed by atoms with Crippen LogP contribution in [0.15, 0.2) is 0 Å². The molecule has 0 heterocycles. The van der Waals surface area contributed by atoms with Gasteiger partial charge in [-0.3, -0.25) is 9.59 Å². The van der Waals surface area contributed by atoms with Crippen molar-refractivity contribution >= 4 is 18.0 Å². The van der Waals surface area contributed by atoms with Crippen molar-refractivity contribution in [1.82, 2.24) is 10.6 Å². The van der Waals surface area contributed by atoms with Crippen molar-refractivity contribution in [3.63, 3.8) is 0 Å². The first-order chi connectivity index (χ1) is 10.5. The molecule has 2 bridgehead atoms. The highest BCUT2D eigenvalue weighted by Gasteiger charge is 2.42. The first kappa shape index (κ1) is 16.6. The van der Waals surface area contributed by atoms with E-state index < -0.39 is 12.1 Å². The average Bonchev–Trinajstić information content (AvgIpc) is 3.13. The van der Waals surface area contributed by atoms with Gasteiger partial charge in [-0.1, -0.05) is 6.42 Å². The van der Waals surface area contributed by atoms with Crippen LogP contribution in [0, 0.1) is 17.8 Å². The summed E-state index contributed by atoms with van der Waals surface area (Å²) in [5, 5.41) is 5.10. The minimum atomic E-state index is -0.716. The maximum atomic E-state index is 11.8. The van der Waals surface area contributed by atoms with Crippen LogP contribution in [0.3, 0.4) is 0 Å². The third-order valence-electron chi connectivity index (χ3n) is 4.75. The van der Waals surface area contributed by atoms with Gasteiger partial charge in [0, 0.05) is 6.04 Å². The molecule has 124 valence electrons. The second kappa shape index (κ2) is 7.47. The number of hydrogen-bond acceptors (Lipinski definition) is 5. The summed E-state index contributed by atoms with van der Waals surface area (Å²) in [4.78, 5) is 33.9. The fourth-order valence-electron chi connectivity index (χ4n) is 3.72. The van der Waals surface area contributed by atoms with Gasteiger partial charge in [0.1, 0.15) is 6.54 Å². The van der Waals surface area contributed by atoms with Crippen LogP contribution in [0.2, 0.25) is 0 Å². The van der Waals surface area contributed by atoms with E-state index in [0.717, 1.165) is 11.8 Å². The maximum absolute atomic E-state index is 11.8. The van der Waals surface area contributed by atoms with E-state index in [1.165, 1.54) is 32.8 Å². The molecule has 4 atom stereocenters. The van der Waals surface area contributed by atoms with Gasteiger partial charge in [0.2, 0.25) is 0 Å². The zero-order chi connectivity index (χ0) is 16.1. The van der Waals surface area contributed by atoms with Crippen molar-refractivity contribution in [3.8, 4) is 0 Å². The Balaban J connectivity index is 1.63. The Morgan fingerprint density at radius 3 is 2.59 bits per heavy atom. The number of esters is 1. The summed E-state index contributed by atoms with van der Waals surface area (Å²) in [6.07, 6.45) is 4.36. The fourth-order valence-corrected chi connectivity index (χ4v) is 3.72. The van der Waals surface area contributed by atoms with Gasteiger partial charge in [0.15, 0.2) is 6.61 Å². The van der Waals surface area contributed by atoms with Crippen LogP contribution in [-0.2, 0) is 19.1 Å². The summed E-state index contributed by atoms with van der Waals surface area (Å²) in [6.45, 7) is 1.37. The van der Waals surface area contributed by atoms with Crippen molar-refractivity contribution in [2.24, 2.45) is 17.8 Å². The van der Waals surface area contributed by atoms with Gasteiger partial charge >= 0.3 is 12.1 Å².